The van der Waals surface area contributed by atoms with Crippen molar-refractivity contribution in [2.45, 2.75) is 25.7 Å². The summed E-state index contributed by atoms with van der Waals surface area (Å²) in [5, 5.41) is 5.32. The molecule has 0 amide bonds. The summed E-state index contributed by atoms with van der Waals surface area (Å²) in [5.41, 5.74) is 1.48. The number of esters is 1. The highest BCUT2D eigenvalue weighted by Gasteiger charge is 2.22. The summed E-state index contributed by atoms with van der Waals surface area (Å²) >= 11 is 0. The van der Waals surface area contributed by atoms with Crippen molar-refractivity contribution in [1.29, 1.82) is 0 Å². The van der Waals surface area contributed by atoms with Gasteiger partial charge in [0.15, 0.2) is 11.5 Å². The lowest BCUT2D eigenvalue weighted by molar-refractivity contribution is -0.143. The van der Waals surface area contributed by atoms with Crippen LogP contribution in [0.5, 0.6) is 11.5 Å². The van der Waals surface area contributed by atoms with Crippen LogP contribution in [0.1, 0.15) is 30.5 Å². The summed E-state index contributed by atoms with van der Waals surface area (Å²) in [6.45, 7) is 2.32. The summed E-state index contributed by atoms with van der Waals surface area (Å²) in [5.74, 6) is 0.959. The van der Waals surface area contributed by atoms with E-state index >= 15 is 0 Å². The van der Waals surface area contributed by atoms with Crippen molar-refractivity contribution in [3.05, 3.63) is 45.9 Å². The van der Waals surface area contributed by atoms with E-state index in [0.717, 1.165) is 11.3 Å². The Hall–Kier alpha value is -2.70. The molecule has 0 fully saturated rings. The number of aromatic amines is 2. The summed E-state index contributed by atoms with van der Waals surface area (Å²) < 4.78 is 15.8. The summed E-state index contributed by atoms with van der Waals surface area (Å²) in [4.78, 5) is 23.2. The molecular formula is C16H18N2O5. The molecule has 2 aromatic rings. The number of carbonyl (C=O) groups excluding carboxylic acids is 1. The maximum Gasteiger partial charge on any atom is 0.306 e. The SMILES string of the molecule is CCOC(=O)CC(Cc1cc(=O)[nH][nH]1)c1ccc2c(c1)OCO2. The highest BCUT2D eigenvalue weighted by Crippen LogP contribution is 2.36. The quantitative estimate of drug-likeness (QED) is 0.791. The number of aromatic nitrogens is 2. The van der Waals surface area contributed by atoms with Crippen LogP contribution in [-0.2, 0) is 16.0 Å². The molecule has 1 aliphatic heterocycles. The number of rotatable bonds is 6. The largest absolute Gasteiger partial charge is 0.466 e. The number of benzene rings is 1. The van der Waals surface area contributed by atoms with E-state index in [2.05, 4.69) is 10.2 Å². The molecule has 0 saturated carbocycles. The van der Waals surface area contributed by atoms with E-state index in [1.54, 1.807) is 6.92 Å². The van der Waals surface area contributed by atoms with Gasteiger partial charge in [-0.05, 0) is 37.0 Å². The topological polar surface area (TPSA) is 93.4 Å². The van der Waals surface area contributed by atoms with Crippen molar-refractivity contribution in [2.24, 2.45) is 0 Å². The highest BCUT2D eigenvalue weighted by molar-refractivity contribution is 5.70. The molecule has 1 atom stereocenters. The minimum atomic E-state index is -0.270. The maximum atomic E-state index is 11.9. The zero-order valence-corrected chi connectivity index (χ0v) is 12.8. The molecule has 1 unspecified atom stereocenters. The van der Waals surface area contributed by atoms with Gasteiger partial charge in [-0.25, -0.2) is 0 Å². The van der Waals surface area contributed by atoms with Gasteiger partial charge in [-0.3, -0.25) is 14.7 Å². The second-order valence-electron chi connectivity index (χ2n) is 5.31. The van der Waals surface area contributed by atoms with Crippen molar-refractivity contribution >= 4 is 5.97 Å². The average Bonchev–Trinajstić information content (AvgIpc) is 3.14. The van der Waals surface area contributed by atoms with Crippen molar-refractivity contribution in [3.63, 3.8) is 0 Å². The van der Waals surface area contributed by atoms with Crippen LogP contribution in [0.2, 0.25) is 0 Å². The van der Waals surface area contributed by atoms with Crippen molar-refractivity contribution in [2.75, 3.05) is 13.4 Å². The van der Waals surface area contributed by atoms with Crippen LogP contribution in [0.15, 0.2) is 29.1 Å². The Bertz CT molecular complexity index is 749. The molecule has 1 aromatic heterocycles. The van der Waals surface area contributed by atoms with Crippen LogP contribution >= 0.6 is 0 Å². The van der Waals surface area contributed by atoms with E-state index in [1.807, 2.05) is 18.2 Å². The second kappa shape index (κ2) is 6.60. The molecule has 7 nitrogen and oxygen atoms in total. The fourth-order valence-corrected chi connectivity index (χ4v) is 2.64. The molecule has 2 N–H and O–H groups in total. The average molecular weight is 318 g/mol. The Morgan fingerprint density at radius 2 is 2.09 bits per heavy atom. The van der Waals surface area contributed by atoms with E-state index in [9.17, 15) is 9.59 Å². The van der Waals surface area contributed by atoms with Gasteiger partial charge in [0.05, 0.1) is 13.0 Å². The Kier molecular flexibility index (Phi) is 4.36. The molecule has 3 rings (SSSR count). The van der Waals surface area contributed by atoms with E-state index in [-0.39, 0.29) is 30.7 Å². The van der Waals surface area contributed by atoms with E-state index in [0.29, 0.717) is 24.5 Å². The predicted molar refractivity (Wildman–Crippen MR) is 81.7 cm³/mol. The van der Waals surface area contributed by atoms with E-state index in [4.69, 9.17) is 14.2 Å². The Balaban J connectivity index is 1.84. The van der Waals surface area contributed by atoms with Gasteiger partial charge in [-0.15, -0.1) is 0 Å². The van der Waals surface area contributed by atoms with Gasteiger partial charge in [0.2, 0.25) is 6.79 Å². The number of hydrogen-bond acceptors (Lipinski definition) is 5. The first-order valence-corrected chi connectivity index (χ1v) is 7.47. The van der Waals surface area contributed by atoms with Gasteiger partial charge in [-0.1, -0.05) is 6.07 Å². The molecule has 0 bridgehead atoms. The molecule has 0 saturated heterocycles. The minimum Gasteiger partial charge on any atom is -0.466 e. The third kappa shape index (κ3) is 3.56. The number of ether oxygens (including phenoxy) is 3. The standard InChI is InChI=1S/C16H18N2O5/c1-2-21-16(20)7-11(5-12-8-15(19)18-17-12)10-3-4-13-14(6-10)23-9-22-13/h3-4,6,8,11H,2,5,7,9H2,1H3,(H2,17,18,19). The van der Waals surface area contributed by atoms with Gasteiger partial charge in [0.1, 0.15) is 0 Å². The Labute approximate surface area is 132 Å². The molecule has 2 heterocycles. The van der Waals surface area contributed by atoms with Gasteiger partial charge in [0, 0.05) is 11.8 Å². The number of nitrogens with one attached hydrogen (secondary N) is 2. The van der Waals surface area contributed by atoms with Crippen LogP contribution in [0.4, 0.5) is 0 Å². The molecule has 1 aromatic carbocycles. The maximum absolute atomic E-state index is 11.9. The number of H-pyrrole nitrogens is 2. The third-order valence-electron chi connectivity index (χ3n) is 3.70. The molecule has 7 heteroatoms. The Morgan fingerprint density at radius 3 is 2.83 bits per heavy atom. The molecular weight excluding hydrogens is 300 g/mol. The number of carbonyl (C=O) groups is 1. The lowest BCUT2D eigenvalue weighted by Crippen LogP contribution is -2.13. The van der Waals surface area contributed by atoms with Crippen LogP contribution < -0.4 is 15.0 Å². The van der Waals surface area contributed by atoms with Crippen LogP contribution in [0, 0.1) is 0 Å². The fourth-order valence-electron chi connectivity index (χ4n) is 2.64. The van der Waals surface area contributed by atoms with Crippen LogP contribution in [-0.4, -0.2) is 29.6 Å². The summed E-state index contributed by atoms with van der Waals surface area (Å²) in [7, 11) is 0. The zero-order valence-electron chi connectivity index (χ0n) is 12.8. The first-order chi connectivity index (χ1) is 11.2. The molecule has 0 aliphatic carbocycles. The molecule has 0 spiro atoms. The normalized spacial score (nSPS) is 13.8. The molecule has 122 valence electrons. The second-order valence-corrected chi connectivity index (χ2v) is 5.31. The summed E-state index contributed by atoms with van der Waals surface area (Å²) in [6, 6.07) is 7.10. The highest BCUT2D eigenvalue weighted by atomic mass is 16.7. The van der Waals surface area contributed by atoms with E-state index < -0.39 is 0 Å². The van der Waals surface area contributed by atoms with Gasteiger partial charge in [-0.2, -0.15) is 0 Å². The molecule has 1 aliphatic rings. The van der Waals surface area contributed by atoms with Crippen LogP contribution in [0.25, 0.3) is 0 Å². The van der Waals surface area contributed by atoms with Crippen LogP contribution in [0.3, 0.4) is 0 Å². The molecule has 0 radical (unpaired) electrons. The zero-order chi connectivity index (χ0) is 16.2. The van der Waals surface area contributed by atoms with Gasteiger partial charge < -0.3 is 19.3 Å². The van der Waals surface area contributed by atoms with Gasteiger partial charge >= 0.3 is 5.97 Å². The molecule has 23 heavy (non-hydrogen) atoms. The first-order valence-electron chi connectivity index (χ1n) is 7.47. The van der Waals surface area contributed by atoms with Crippen molar-refractivity contribution in [3.8, 4) is 11.5 Å². The van der Waals surface area contributed by atoms with Gasteiger partial charge in [0.25, 0.3) is 5.56 Å². The lowest BCUT2D eigenvalue weighted by Gasteiger charge is -2.16. The number of fused-ring (bicyclic) bond motifs is 1. The lowest BCUT2D eigenvalue weighted by atomic mass is 9.91. The summed E-state index contributed by atoms with van der Waals surface area (Å²) in [6.07, 6.45) is 0.734. The smallest absolute Gasteiger partial charge is 0.306 e. The van der Waals surface area contributed by atoms with Crippen molar-refractivity contribution < 1.29 is 19.0 Å². The monoisotopic (exact) mass is 318 g/mol. The first kappa shape index (κ1) is 15.2. The number of hydrogen-bond donors (Lipinski definition) is 2. The van der Waals surface area contributed by atoms with Crippen molar-refractivity contribution in [1.82, 2.24) is 10.2 Å². The fraction of sp³-hybridized carbons (Fsp3) is 0.375. The third-order valence-corrected chi connectivity index (χ3v) is 3.70. The predicted octanol–water partition coefficient (Wildman–Crippen LogP) is 1.71. The Morgan fingerprint density at radius 1 is 1.26 bits per heavy atom. The van der Waals surface area contributed by atoms with E-state index in [1.165, 1.54) is 6.07 Å². The minimum absolute atomic E-state index is 0.130.